The van der Waals surface area contributed by atoms with E-state index in [0.717, 1.165) is 22.8 Å². The van der Waals surface area contributed by atoms with Crippen molar-refractivity contribution in [2.75, 3.05) is 31.2 Å². The van der Waals surface area contributed by atoms with Gasteiger partial charge in [0.2, 0.25) is 10.0 Å². The number of aromatic amines is 1. The lowest BCUT2D eigenvalue weighted by atomic mass is 10.0. The van der Waals surface area contributed by atoms with Crippen molar-refractivity contribution < 1.29 is 17.9 Å². The van der Waals surface area contributed by atoms with Gasteiger partial charge in [0.1, 0.15) is 16.3 Å². The zero-order valence-electron chi connectivity index (χ0n) is 14.7. The summed E-state index contributed by atoms with van der Waals surface area (Å²) in [5.74, 6) is 2.03. The summed E-state index contributed by atoms with van der Waals surface area (Å²) in [5, 5.41) is 2.97. The second-order valence-electron chi connectivity index (χ2n) is 6.47. The number of H-pyrrole nitrogens is 1. The number of benzene rings is 1. The molecule has 7 nitrogen and oxygen atoms in total. The van der Waals surface area contributed by atoms with Crippen LogP contribution in [0, 0.1) is 0 Å². The fourth-order valence-electron chi connectivity index (χ4n) is 3.32. The van der Waals surface area contributed by atoms with Gasteiger partial charge >= 0.3 is 0 Å². The summed E-state index contributed by atoms with van der Waals surface area (Å²) < 4.78 is 32.5. The van der Waals surface area contributed by atoms with E-state index in [1.54, 1.807) is 11.8 Å². The molecule has 1 unspecified atom stereocenters. The average Bonchev–Trinajstić information content (AvgIpc) is 3.20. The topological polar surface area (TPSA) is 91.5 Å². The largest absolute Gasteiger partial charge is 0.493 e. The molecule has 2 aliphatic rings. The van der Waals surface area contributed by atoms with Crippen LogP contribution in [0.5, 0.6) is 5.75 Å². The van der Waals surface area contributed by atoms with Crippen molar-refractivity contribution in [3.8, 4) is 5.75 Å². The van der Waals surface area contributed by atoms with Crippen molar-refractivity contribution >= 4 is 27.7 Å². The maximum atomic E-state index is 12.7. The number of fused-ring (bicyclic) bond motifs is 1. The number of carbonyl (C=O) groups is 1. The van der Waals surface area contributed by atoms with Gasteiger partial charge < -0.3 is 15.0 Å². The predicted molar refractivity (Wildman–Crippen MR) is 104 cm³/mol. The van der Waals surface area contributed by atoms with E-state index in [1.807, 2.05) is 24.3 Å². The highest BCUT2D eigenvalue weighted by atomic mass is 32.2. The molecular formula is C18H21N3O4S2. The van der Waals surface area contributed by atoms with Crippen molar-refractivity contribution in [3.63, 3.8) is 0 Å². The number of thioether (sulfide) groups is 1. The Kier molecular flexibility index (Phi) is 5.16. The van der Waals surface area contributed by atoms with E-state index in [9.17, 15) is 13.2 Å². The molecule has 1 aromatic heterocycles. The third-order valence-corrected chi connectivity index (χ3v) is 7.59. The first-order chi connectivity index (χ1) is 13.1. The number of ether oxygens (including phenoxy) is 1. The van der Waals surface area contributed by atoms with E-state index in [1.165, 1.54) is 16.6 Å². The number of sulfonamides is 1. The third kappa shape index (κ3) is 3.71. The van der Waals surface area contributed by atoms with Gasteiger partial charge in [0, 0.05) is 42.8 Å². The molecule has 0 bridgehead atoms. The van der Waals surface area contributed by atoms with Gasteiger partial charge in [0.05, 0.1) is 12.6 Å². The van der Waals surface area contributed by atoms with Crippen LogP contribution in [0.2, 0.25) is 0 Å². The van der Waals surface area contributed by atoms with Crippen LogP contribution in [0.4, 0.5) is 0 Å². The summed E-state index contributed by atoms with van der Waals surface area (Å²) in [5.41, 5.74) is 1.17. The second kappa shape index (κ2) is 7.57. The molecule has 0 saturated carbocycles. The Labute approximate surface area is 162 Å². The van der Waals surface area contributed by atoms with Gasteiger partial charge in [-0.25, -0.2) is 8.42 Å². The van der Waals surface area contributed by atoms with Gasteiger partial charge in [-0.3, -0.25) is 4.79 Å². The Morgan fingerprint density at radius 2 is 2.04 bits per heavy atom. The molecule has 0 spiro atoms. The molecule has 1 atom stereocenters. The number of amides is 1. The monoisotopic (exact) mass is 407 g/mol. The quantitative estimate of drug-likeness (QED) is 0.809. The zero-order valence-corrected chi connectivity index (χ0v) is 16.3. The van der Waals surface area contributed by atoms with Gasteiger partial charge in [-0.2, -0.15) is 16.1 Å². The zero-order chi connectivity index (χ0) is 18.9. The highest BCUT2D eigenvalue weighted by Crippen LogP contribution is 2.31. The molecule has 3 heterocycles. The fraction of sp³-hybridized carbons (Fsp3) is 0.389. The molecule has 2 aliphatic heterocycles. The predicted octanol–water partition coefficient (Wildman–Crippen LogP) is 2.01. The van der Waals surface area contributed by atoms with E-state index in [2.05, 4.69) is 10.3 Å². The molecule has 0 aliphatic carbocycles. The summed E-state index contributed by atoms with van der Waals surface area (Å²) in [4.78, 5) is 15.6. The maximum absolute atomic E-state index is 12.7. The van der Waals surface area contributed by atoms with Crippen LogP contribution in [0.1, 0.15) is 28.5 Å². The Morgan fingerprint density at radius 1 is 1.26 bits per heavy atom. The average molecular weight is 408 g/mol. The maximum Gasteiger partial charge on any atom is 0.268 e. The van der Waals surface area contributed by atoms with E-state index < -0.39 is 10.0 Å². The lowest BCUT2D eigenvalue weighted by Gasteiger charge is -2.26. The van der Waals surface area contributed by atoms with E-state index in [4.69, 9.17) is 4.74 Å². The SMILES string of the molecule is O=C(NC1CCOc2ccccc21)c1cc(S(=O)(=O)N2CCSCC2)c[nH]1. The van der Waals surface area contributed by atoms with Gasteiger partial charge in [0.15, 0.2) is 0 Å². The molecule has 2 aromatic rings. The number of hydrogen-bond donors (Lipinski definition) is 2. The summed E-state index contributed by atoms with van der Waals surface area (Å²) in [7, 11) is -3.57. The molecule has 4 rings (SSSR count). The van der Waals surface area contributed by atoms with E-state index in [0.29, 0.717) is 26.1 Å². The standard InChI is InChI=1S/C18H21N3O4S2/c22-18(20-15-5-8-25-17-4-2-1-3-14(15)17)16-11-13(12-19-16)27(23,24)21-6-9-26-10-7-21/h1-4,11-12,15,19H,5-10H2,(H,20,22). The van der Waals surface area contributed by atoms with Crippen molar-refractivity contribution in [2.45, 2.75) is 17.4 Å². The second-order valence-corrected chi connectivity index (χ2v) is 9.63. The van der Waals surface area contributed by atoms with Crippen LogP contribution in [-0.4, -0.2) is 54.8 Å². The number of carbonyl (C=O) groups excluding carboxylic acids is 1. The van der Waals surface area contributed by atoms with Gasteiger partial charge in [-0.05, 0) is 12.1 Å². The molecule has 2 N–H and O–H groups in total. The summed E-state index contributed by atoms with van der Waals surface area (Å²) >= 11 is 1.75. The number of para-hydroxylation sites is 1. The van der Waals surface area contributed by atoms with Crippen molar-refractivity contribution in [2.24, 2.45) is 0 Å². The summed E-state index contributed by atoms with van der Waals surface area (Å²) in [6.45, 7) is 1.52. The van der Waals surface area contributed by atoms with Gasteiger partial charge in [-0.1, -0.05) is 18.2 Å². The van der Waals surface area contributed by atoms with Crippen LogP contribution >= 0.6 is 11.8 Å². The highest BCUT2D eigenvalue weighted by molar-refractivity contribution is 7.99. The first kappa shape index (κ1) is 18.4. The Balaban J connectivity index is 1.50. The van der Waals surface area contributed by atoms with Gasteiger partial charge in [-0.15, -0.1) is 0 Å². The first-order valence-corrected chi connectivity index (χ1v) is 11.4. The van der Waals surface area contributed by atoms with Crippen molar-refractivity contribution in [1.82, 2.24) is 14.6 Å². The normalized spacial score (nSPS) is 20.5. The smallest absolute Gasteiger partial charge is 0.268 e. The lowest BCUT2D eigenvalue weighted by molar-refractivity contribution is 0.0920. The Morgan fingerprint density at radius 3 is 2.85 bits per heavy atom. The van der Waals surface area contributed by atoms with Crippen LogP contribution in [0.25, 0.3) is 0 Å². The summed E-state index contributed by atoms with van der Waals surface area (Å²) in [6.07, 6.45) is 2.06. The van der Waals surface area contributed by atoms with Crippen LogP contribution < -0.4 is 10.1 Å². The number of nitrogens with zero attached hydrogens (tertiary/aromatic N) is 1. The van der Waals surface area contributed by atoms with Crippen LogP contribution in [-0.2, 0) is 10.0 Å². The number of rotatable bonds is 4. The van der Waals surface area contributed by atoms with Crippen LogP contribution in [0.15, 0.2) is 41.4 Å². The molecule has 1 fully saturated rings. The number of hydrogen-bond acceptors (Lipinski definition) is 5. The highest BCUT2D eigenvalue weighted by Gasteiger charge is 2.29. The molecule has 1 saturated heterocycles. The van der Waals surface area contributed by atoms with E-state index in [-0.39, 0.29) is 22.5 Å². The van der Waals surface area contributed by atoms with Crippen LogP contribution in [0.3, 0.4) is 0 Å². The molecule has 27 heavy (non-hydrogen) atoms. The first-order valence-electron chi connectivity index (χ1n) is 8.84. The fourth-order valence-corrected chi connectivity index (χ4v) is 5.89. The molecule has 9 heteroatoms. The minimum atomic E-state index is -3.57. The minimum Gasteiger partial charge on any atom is -0.493 e. The molecule has 0 radical (unpaired) electrons. The molecular weight excluding hydrogens is 386 g/mol. The van der Waals surface area contributed by atoms with Crippen molar-refractivity contribution in [1.29, 1.82) is 0 Å². The molecule has 1 amide bonds. The molecule has 1 aromatic carbocycles. The molecule has 144 valence electrons. The minimum absolute atomic E-state index is 0.131. The lowest BCUT2D eigenvalue weighted by Crippen LogP contribution is -2.37. The third-order valence-electron chi connectivity index (χ3n) is 4.77. The Bertz CT molecular complexity index is 936. The number of nitrogens with one attached hydrogen (secondary N) is 2. The number of aromatic nitrogens is 1. The van der Waals surface area contributed by atoms with Gasteiger partial charge in [0.25, 0.3) is 5.91 Å². The van der Waals surface area contributed by atoms with Crippen molar-refractivity contribution in [3.05, 3.63) is 47.8 Å². The Hall–Kier alpha value is -1.97. The summed E-state index contributed by atoms with van der Waals surface area (Å²) in [6, 6.07) is 8.86. The van der Waals surface area contributed by atoms with E-state index >= 15 is 0 Å².